The summed E-state index contributed by atoms with van der Waals surface area (Å²) in [6.45, 7) is 1.24. The molecule has 0 unspecified atom stereocenters. The number of carboxylic acid groups (broad SMARTS) is 1. The number of nitrogens with one attached hydrogen (secondary N) is 1. The summed E-state index contributed by atoms with van der Waals surface area (Å²) < 4.78 is 18.0. The highest BCUT2D eigenvalue weighted by atomic mass is 19.1. The van der Waals surface area contributed by atoms with E-state index in [1.165, 1.54) is 32.2 Å². The Hall–Kier alpha value is -2.11. The molecule has 1 aromatic rings. The van der Waals surface area contributed by atoms with Crippen LogP contribution >= 0.6 is 0 Å². The zero-order valence-electron chi connectivity index (χ0n) is 10.1. The highest BCUT2D eigenvalue weighted by Gasteiger charge is 2.19. The van der Waals surface area contributed by atoms with Crippen molar-refractivity contribution >= 4 is 11.9 Å². The van der Waals surface area contributed by atoms with Gasteiger partial charge in [0.05, 0.1) is 7.11 Å². The Kier molecular flexibility index (Phi) is 4.65. The van der Waals surface area contributed by atoms with Crippen LogP contribution in [0.1, 0.15) is 12.5 Å². The summed E-state index contributed by atoms with van der Waals surface area (Å²) in [6, 6.07) is 3.02. The van der Waals surface area contributed by atoms with Crippen LogP contribution in [0.25, 0.3) is 0 Å². The number of hydrogen-bond acceptors (Lipinski definition) is 3. The van der Waals surface area contributed by atoms with Crippen LogP contribution < -0.4 is 10.1 Å². The summed E-state index contributed by atoms with van der Waals surface area (Å²) in [5, 5.41) is 11.3. The Labute approximate surface area is 104 Å². The molecule has 0 bridgehead atoms. The van der Waals surface area contributed by atoms with Crippen molar-refractivity contribution in [2.24, 2.45) is 0 Å². The Morgan fingerprint density at radius 3 is 2.67 bits per heavy atom. The zero-order chi connectivity index (χ0) is 13.7. The number of carbonyl (C=O) groups is 2. The molecule has 0 aliphatic rings. The van der Waals surface area contributed by atoms with Gasteiger partial charge in [0.25, 0.3) is 0 Å². The number of ether oxygens (including phenoxy) is 1. The molecule has 0 saturated carbocycles. The lowest BCUT2D eigenvalue weighted by molar-refractivity contribution is -0.141. The van der Waals surface area contributed by atoms with Crippen molar-refractivity contribution in [1.29, 1.82) is 0 Å². The van der Waals surface area contributed by atoms with Gasteiger partial charge in [0.15, 0.2) is 11.6 Å². The van der Waals surface area contributed by atoms with Crippen LogP contribution in [0.3, 0.4) is 0 Å². The van der Waals surface area contributed by atoms with E-state index in [-0.39, 0.29) is 12.2 Å². The first-order valence-corrected chi connectivity index (χ1v) is 5.26. The van der Waals surface area contributed by atoms with Crippen LogP contribution in [-0.4, -0.2) is 30.1 Å². The maximum Gasteiger partial charge on any atom is 0.326 e. The molecule has 2 N–H and O–H groups in total. The number of hydrogen-bond donors (Lipinski definition) is 2. The quantitative estimate of drug-likeness (QED) is 0.822. The molecule has 0 aliphatic carbocycles. The number of amides is 1. The summed E-state index contributed by atoms with van der Waals surface area (Å²) in [5.41, 5.74) is 0.564. The number of halogens is 1. The van der Waals surface area contributed by atoms with Gasteiger partial charge in [-0.25, -0.2) is 9.18 Å². The van der Waals surface area contributed by atoms with E-state index >= 15 is 0 Å². The SMILES string of the molecule is COc1cc(C[C@@H](NC(C)=O)C(=O)O)ccc1F. The van der Waals surface area contributed by atoms with E-state index in [9.17, 15) is 14.0 Å². The average Bonchev–Trinajstić information content (AvgIpc) is 2.29. The van der Waals surface area contributed by atoms with Gasteiger partial charge in [-0.3, -0.25) is 4.79 Å². The fraction of sp³-hybridized carbons (Fsp3) is 0.333. The van der Waals surface area contributed by atoms with Crippen LogP contribution in [-0.2, 0) is 16.0 Å². The minimum atomic E-state index is -1.14. The normalized spacial score (nSPS) is 11.7. The number of rotatable bonds is 5. The zero-order valence-corrected chi connectivity index (χ0v) is 10.1. The molecule has 6 heteroatoms. The minimum absolute atomic E-state index is 0.0412. The predicted molar refractivity (Wildman–Crippen MR) is 61.9 cm³/mol. The Morgan fingerprint density at radius 1 is 1.50 bits per heavy atom. The number of benzene rings is 1. The summed E-state index contributed by atoms with van der Waals surface area (Å²) in [5.74, 6) is -2.06. The van der Waals surface area contributed by atoms with Gasteiger partial charge in [-0.05, 0) is 17.7 Å². The maximum atomic E-state index is 13.2. The van der Waals surface area contributed by atoms with Crippen LogP contribution in [0.15, 0.2) is 18.2 Å². The molecule has 0 saturated heterocycles. The first kappa shape index (κ1) is 14.0. The summed E-state index contributed by atoms with van der Waals surface area (Å²) >= 11 is 0. The molecule has 1 rings (SSSR count). The van der Waals surface area contributed by atoms with Gasteiger partial charge in [-0.2, -0.15) is 0 Å². The molecule has 0 heterocycles. The summed E-state index contributed by atoms with van der Waals surface area (Å²) in [7, 11) is 1.32. The third-order valence-electron chi connectivity index (χ3n) is 2.33. The van der Waals surface area contributed by atoms with Gasteiger partial charge < -0.3 is 15.2 Å². The first-order valence-electron chi connectivity index (χ1n) is 5.26. The fourth-order valence-electron chi connectivity index (χ4n) is 1.51. The highest BCUT2D eigenvalue weighted by molar-refractivity contribution is 5.82. The monoisotopic (exact) mass is 255 g/mol. The second-order valence-corrected chi connectivity index (χ2v) is 3.76. The van der Waals surface area contributed by atoms with Crippen molar-refractivity contribution in [1.82, 2.24) is 5.32 Å². The lowest BCUT2D eigenvalue weighted by Gasteiger charge is -2.13. The van der Waals surface area contributed by atoms with Gasteiger partial charge >= 0.3 is 5.97 Å². The standard InChI is InChI=1S/C12H14FNO4/c1-7(15)14-10(12(16)17)5-8-3-4-9(13)11(6-8)18-2/h3-4,6,10H,5H2,1-2H3,(H,14,15)(H,16,17)/t10-/m1/s1. The van der Waals surface area contributed by atoms with Crippen LogP contribution in [0.5, 0.6) is 5.75 Å². The third kappa shape index (κ3) is 3.73. The maximum absolute atomic E-state index is 13.2. The fourth-order valence-corrected chi connectivity index (χ4v) is 1.51. The van der Waals surface area contributed by atoms with E-state index in [1.54, 1.807) is 0 Å². The summed E-state index contributed by atoms with van der Waals surface area (Å²) in [6.07, 6.45) is 0.0611. The number of aliphatic carboxylic acids is 1. The molecule has 0 spiro atoms. The van der Waals surface area contributed by atoms with Crippen molar-refractivity contribution < 1.29 is 23.8 Å². The van der Waals surface area contributed by atoms with Gasteiger partial charge in [0.1, 0.15) is 6.04 Å². The van der Waals surface area contributed by atoms with Crippen molar-refractivity contribution in [3.63, 3.8) is 0 Å². The second-order valence-electron chi connectivity index (χ2n) is 3.76. The molecule has 0 fully saturated rings. The number of carboxylic acids is 1. The van der Waals surface area contributed by atoms with Crippen molar-refractivity contribution in [3.8, 4) is 5.75 Å². The molecule has 0 aliphatic heterocycles. The van der Waals surface area contributed by atoms with Crippen molar-refractivity contribution in [3.05, 3.63) is 29.6 Å². The van der Waals surface area contributed by atoms with Gasteiger partial charge in [0.2, 0.25) is 5.91 Å². The Balaban J connectivity index is 2.87. The molecule has 98 valence electrons. The number of carbonyl (C=O) groups excluding carboxylic acids is 1. The molecule has 1 aromatic carbocycles. The van der Waals surface area contributed by atoms with E-state index in [0.29, 0.717) is 5.56 Å². The van der Waals surface area contributed by atoms with Gasteiger partial charge in [-0.1, -0.05) is 6.07 Å². The largest absolute Gasteiger partial charge is 0.494 e. The lowest BCUT2D eigenvalue weighted by atomic mass is 10.1. The smallest absolute Gasteiger partial charge is 0.326 e. The van der Waals surface area contributed by atoms with E-state index in [4.69, 9.17) is 9.84 Å². The van der Waals surface area contributed by atoms with Crippen LogP contribution in [0.2, 0.25) is 0 Å². The molecule has 1 atom stereocenters. The second kappa shape index (κ2) is 6.00. The average molecular weight is 255 g/mol. The van der Waals surface area contributed by atoms with Gasteiger partial charge in [-0.15, -0.1) is 0 Å². The molecule has 0 aromatic heterocycles. The number of methoxy groups -OCH3 is 1. The molecular formula is C12H14FNO4. The van der Waals surface area contributed by atoms with Crippen molar-refractivity contribution in [2.45, 2.75) is 19.4 Å². The predicted octanol–water partition coefficient (Wildman–Crippen LogP) is 0.966. The van der Waals surface area contributed by atoms with Crippen LogP contribution in [0.4, 0.5) is 4.39 Å². The third-order valence-corrected chi connectivity index (χ3v) is 2.33. The molecular weight excluding hydrogens is 241 g/mol. The van der Waals surface area contributed by atoms with Gasteiger partial charge in [0, 0.05) is 13.3 Å². The van der Waals surface area contributed by atoms with E-state index in [2.05, 4.69) is 5.32 Å². The van der Waals surface area contributed by atoms with Crippen molar-refractivity contribution in [2.75, 3.05) is 7.11 Å². The van der Waals surface area contributed by atoms with Crippen LogP contribution in [0, 0.1) is 5.82 Å². The van der Waals surface area contributed by atoms with E-state index in [0.717, 1.165) is 0 Å². The Morgan fingerprint density at radius 2 is 2.17 bits per heavy atom. The molecule has 5 nitrogen and oxygen atoms in total. The van der Waals surface area contributed by atoms with E-state index in [1.807, 2.05) is 0 Å². The molecule has 18 heavy (non-hydrogen) atoms. The first-order chi connectivity index (χ1) is 8.43. The topological polar surface area (TPSA) is 75.6 Å². The Bertz CT molecular complexity index is 461. The highest BCUT2D eigenvalue weighted by Crippen LogP contribution is 2.19. The minimum Gasteiger partial charge on any atom is -0.494 e. The molecule has 1 amide bonds. The van der Waals surface area contributed by atoms with E-state index < -0.39 is 23.7 Å². The lowest BCUT2D eigenvalue weighted by Crippen LogP contribution is -2.41. The summed E-state index contributed by atoms with van der Waals surface area (Å²) in [4.78, 5) is 21.8. The molecule has 0 radical (unpaired) electrons.